The molecule has 0 fully saturated rings. The lowest BCUT2D eigenvalue weighted by molar-refractivity contribution is 0.0702. The van der Waals surface area contributed by atoms with Crippen LogP contribution in [0, 0.1) is 0 Å². The van der Waals surface area contributed by atoms with E-state index in [9.17, 15) is 4.79 Å². The maximum Gasteiger partial charge on any atom is 0.345 e. The van der Waals surface area contributed by atoms with Crippen molar-refractivity contribution in [3.05, 3.63) is 34.9 Å². The second kappa shape index (κ2) is 4.67. The van der Waals surface area contributed by atoms with E-state index in [0.29, 0.717) is 4.88 Å². The second-order valence-corrected chi connectivity index (χ2v) is 5.87. The zero-order valence-electron chi connectivity index (χ0n) is 9.90. The average Bonchev–Trinajstić information content (AvgIpc) is 2.98. The maximum atomic E-state index is 10.9. The Labute approximate surface area is 116 Å². The Kier molecular flexibility index (Phi) is 3.00. The molecule has 0 unspecified atom stereocenters. The molecule has 0 saturated carbocycles. The fraction of sp³-hybridized carbons (Fsp3) is 0.0833. The van der Waals surface area contributed by atoms with Crippen LogP contribution in [0.2, 0.25) is 0 Å². The molecule has 0 amide bonds. The molecule has 0 aromatic carbocycles. The summed E-state index contributed by atoms with van der Waals surface area (Å²) in [7, 11) is 1.93. The highest BCUT2D eigenvalue weighted by Crippen LogP contribution is 2.33. The van der Waals surface area contributed by atoms with Crippen LogP contribution in [-0.2, 0) is 7.05 Å². The molecule has 96 valence electrons. The van der Waals surface area contributed by atoms with Crippen LogP contribution in [-0.4, -0.2) is 25.6 Å². The van der Waals surface area contributed by atoms with Gasteiger partial charge < -0.3 is 9.67 Å². The van der Waals surface area contributed by atoms with Crippen LogP contribution in [0.5, 0.6) is 0 Å². The molecule has 0 saturated heterocycles. The molecular formula is C12H9N3O2S2. The first-order valence-corrected chi connectivity index (χ1v) is 7.10. The molecule has 0 aliphatic carbocycles. The van der Waals surface area contributed by atoms with E-state index in [0.717, 1.165) is 21.0 Å². The van der Waals surface area contributed by atoms with Crippen molar-refractivity contribution in [3.8, 4) is 0 Å². The molecule has 1 N–H and O–H groups in total. The van der Waals surface area contributed by atoms with E-state index in [4.69, 9.17) is 5.11 Å². The number of rotatable bonds is 3. The molecule has 0 aliphatic rings. The van der Waals surface area contributed by atoms with Crippen molar-refractivity contribution in [2.75, 3.05) is 0 Å². The van der Waals surface area contributed by atoms with Gasteiger partial charge in [0, 0.05) is 23.5 Å². The Morgan fingerprint density at radius 3 is 3.05 bits per heavy atom. The number of carboxylic acid groups (broad SMARTS) is 1. The minimum atomic E-state index is -0.902. The Morgan fingerprint density at radius 1 is 1.47 bits per heavy atom. The van der Waals surface area contributed by atoms with Gasteiger partial charge in [-0.3, -0.25) is 0 Å². The van der Waals surface area contributed by atoms with Crippen molar-refractivity contribution in [3.63, 3.8) is 0 Å². The third kappa shape index (κ3) is 2.22. The minimum Gasteiger partial charge on any atom is -0.477 e. The highest BCUT2D eigenvalue weighted by atomic mass is 32.2. The van der Waals surface area contributed by atoms with Gasteiger partial charge in [0.15, 0.2) is 0 Å². The van der Waals surface area contributed by atoms with Crippen molar-refractivity contribution in [1.82, 2.24) is 14.5 Å². The van der Waals surface area contributed by atoms with Gasteiger partial charge in [0.05, 0.1) is 11.8 Å². The van der Waals surface area contributed by atoms with Crippen molar-refractivity contribution in [2.45, 2.75) is 9.92 Å². The molecule has 3 aromatic rings. The summed E-state index contributed by atoms with van der Waals surface area (Å²) in [4.78, 5) is 20.7. The summed E-state index contributed by atoms with van der Waals surface area (Å²) < 4.78 is 1.93. The monoisotopic (exact) mass is 291 g/mol. The number of pyridine rings is 1. The number of hydrogen-bond acceptors (Lipinski definition) is 5. The molecular weight excluding hydrogens is 282 g/mol. The number of nitrogens with zero attached hydrogens (tertiary/aromatic N) is 3. The van der Waals surface area contributed by atoms with E-state index in [1.165, 1.54) is 23.1 Å². The molecule has 0 radical (unpaired) electrons. The molecule has 3 rings (SSSR count). The highest BCUT2D eigenvalue weighted by Gasteiger charge is 2.12. The average molecular weight is 291 g/mol. The number of carboxylic acids is 1. The molecule has 0 aliphatic heterocycles. The van der Waals surface area contributed by atoms with E-state index < -0.39 is 5.97 Å². The fourth-order valence-corrected chi connectivity index (χ4v) is 3.49. The first kappa shape index (κ1) is 12.2. The molecule has 7 heteroatoms. The van der Waals surface area contributed by atoms with Crippen molar-refractivity contribution >= 4 is 40.1 Å². The summed E-state index contributed by atoms with van der Waals surface area (Å²) in [6, 6.07) is 3.56. The van der Waals surface area contributed by atoms with Crippen molar-refractivity contribution < 1.29 is 9.90 Å². The number of aromatic carboxylic acids is 1. The van der Waals surface area contributed by atoms with Crippen molar-refractivity contribution in [2.24, 2.45) is 7.05 Å². The van der Waals surface area contributed by atoms with Gasteiger partial charge in [-0.05, 0) is 12.1 Å². The Hall–Kier alpha value is -1.86. The highest BCUT2D eigenvalue weighted by molar-refractivity contribution is 7.99. The first-order valence-electron chi connectivity index (χ1n) is 5.41. The molecule has 3 aromatic heterocycles. The van der Waals surface area contributed by atoms with Gasteiger partial charge in [-0.25, -0.2) is 14.8 Å². The van der Waals surface area contributed by atoms with E-state index in [1.807, 2.05) is 23.1 Å². The summed E-state index contributed by atoms with van der Waals surface area (Å²) in [5.41, 5.74) is 1.84. The van der Waals surface area contributed by atoms with E-state index in [1.54, 1.807) is 18.6 Å². The SMILES string of the molecule is Cn1cnc2c(Sc3csc(C(=O)O)c3)nccc21. The third-order valence-corrected chi connectivity index (χ3v) is 4.64. The van der Waals surface area contributed by atoms with Gasteiger partial charge >= 0.3 is 5.97 Å². The molecule has 5 nitrogen and oxygen atoms in total. The van der Waals surface area contributed by atoms with Gasteiger partial charge in [0.2, 0.25) is 0 Å². The van der Waals surface area contributed by atoms with Crippen molar-refractivity contribution in [1.29, 1.82) is 0 Å². The Bertz CT molecular complexity index is 763. The molecule has 0 spiro atoms. The summed E-state index contributed by atoms with van der Waals surface area (Å²) in [6.07, 6.45) is 3.48. The zero-order valence-corrected chi connectivity index (χ0v) is 11.5. The minimum absolute atomic E-state index is 0.329. The zero-order chi connectivity index (χ0) is 13.4. The van der Waals surface area contributed by atoms with Crippen LogP contribution in [0.1, 0.15) is 9.67 Å². The molecule has 3 heterocycles. The second-order valence-electron chi connectivity index (χ2n) is 3.89. The Balaban J connectivity index is 1.98. The summed E-state index contributed by atoms with van der Waals surface area (Å²) in [6.45, 7) is 0. The molecule has 19 heavy (non-hydrogen) atoms. The number of aryl methyl sites for hydroxylation is 1. The smallest absolute Gasteiger partial charge is 0.345 e. The lowest BCUT2D eigenvalue weighted by Crippen LogP contribution is -1.90. The number of fused-ring (bicyclic) bond motifs is 1. The summed E-state index contributed by atoms with van der Waals surface area (Å²) in [5.74, 6) is -0.902. The van der Waals surface area contributed by atoms with E-state index in [-0.39, 0.29) is 0 Å². The van der Waals surface area contributed by atoms with Gasteiger partial charge in [0.25, 0.3) is 0 Å². The van der Waals surface area contributed by atoms with E-state index >= 15 is 0 Å². The lowest BCUT2D eigenvalue weighted by Gasteiger charge is -1.99. The summed E-state index contributed by atoms with van der Waals surface area (Å²) >= 11 is 2.64. The molecule has 0 atom stereocenters. The lowest BCUT2D eigenvalue weighted by atomic mass is 10.4. The maximum absolute atomic E-state index is 10.9. The number of imidazole rings is 1. The summed E-state index contributed by atoms with van der Waals surface area (Å²) in [5, 5.41) is 11.5. The first-order chi connectivity index (χ1) is 9.15. The van der Waals surface area contributed by atoms with E-state index in [2.05, 4.69) is 9.97 Å². The standard InChI is InChI=1S/C12H9N3O2S2/c1-15-6-14-10-8(15)2-3-13-11(10)19-7-4-9(12(16)17)18-5-7/h2-6H,1H3,(H,16,17). The topological polar surface area (TPSA) is 68.0 Å². The number of hydrogen-bond donors (Lipinski definition) is 1. The predicted molar refractivity (Wildman–Crippen MR) is 73.9 cm³/mol. The van der Waals surface area contributed by atoms with Gasteiger partial charge in [0.1, 0.15) is 15.4 Å². The number of aromatic nitrogens is 3. The number of carbonyl (C=O) groups is 1. The van der Waals surface area contributed by atoms with Crippen LogP contribution in [0.25, 0.3) is 11.0 Å². The number of thiophene rings is 1. The van der Waals surface area contributed by atoms with Crippen LogP contribution in [0.15, 0.2) is 40.0 Å². The normalized spacial score (nSPS) is 11.0. The van der Waals surface area contributed by atoms with Gasteiger partial charge in [-0.1, -0.05) is 11.8 Å². The Morgan fingerprint density at radius 2 is 2.32 bits per heavy atom. The van der Waals surface area contributed by atoms with Crippen LogP contribution in [0.3, 0.4) is 0 Å². The van der Waals surface area contributed by atoms with Crippen LogP contribution >= 0.6 is 23.1 Å². The van der Waals surface area contributed by atoms with Crippen LogP contribution in [0.4, 0.5) is 0 Å². The quantitative estimate of drug-likeness (QED) is 0.803. The molecule has 0 bridgehead atoms. The third-order valence-electron chi connectivity index (χ3n) is 2.61. The van der Waals surface area contributed by atoms with Crippen LogP contribution < -0.4 is 0 Å². The largest absolute Gasteiger partial charge is 0.477 e. The van der Waals surface area contributed by atoms with Gasteiger partial charge in [-0.15, -0.1) is 11.3 Å². The predicted octanol–water partition coefficient (Wildman–Crippen LogP) is 2.88. The van der Waals surface area contributed by atoms with Gasteiger partial charge in [-0.2, -0.15) is 0 Å². The fourth-order valence-electron chi connectivity index (χ4n) is 1.71.